The fourth-order valence-electron chi connectivity index (χ4n) is 1.04. The second-order valence-corrected chi connectivity index (χ2v) is 3.94. The molecule has 0 aliphatic carbocycles. The Morgan fingerprint density at radius 2 is 2.50 bits per heavy atom. The molecular weight excluding hydrogens is 222 g/mol. The van der Waals surface area contributed by atoms with Crippen LogP contribution in [0.4, 0.5) is 5.13 Å². The molecule has 3 N–H and O–H groups in total. The molecular formula is C7H8ClN5S. The zero-order valence-corrected chi connectivity index (χ0v) is 8.72. The molecule has 74 valence electrons. The topological polar surface area (TPSA) is 68.8 Å². The van der Waals surface area contributed by atoms with Crippen LogP contribution in [0.3, 0.4) is 0 Å². The number of hydrazine groups is 1. The van der Waals surface area contributed by atoms with Gasteiger partial charge in [0.05, 0.1) is 23.5 Å². The zero-order chi connectivity index (χ0) is 9.97. The van der Waals surface area contributed by atoms with Gasteiger partial charge in [-0.1, -0.05) is 11.6 Å². The van der Waals surface area contributed by atoms with Crippen LogP contribution in [0.5, 0.6) is 0 Å². The summed E-state index contributed by atoms with van der Waals surface area (Å²) in [5, 5.41) is 7.28. The second-order valence-electron chi connectivity index (χ2n) is 2.64. The highest BCUT2D eigenvalue weighted by atomic mass is 35.5. The van der Waals surface area contributed by atoms with Crippen LogP contribution in [0, 0.1) is 0 Å². The van der Waals surface area contributed by atoms with E-state index in [1.54, 1.807) is 17.1 Å². The lowest BCUT2D eigenvalue weighted by Gasteiger charge is -1.95. The van der Waals surface area contributed by atoms with Gasteiger partial charge < -0.3 is 0 Å². The summed E-state index contributed by atoms with van der Waals surface area (Å²) >= 11 is 7.18. The predicted molar refractivity (Wildman–Crippen MR) is 56.3 cm³/mol. The smallest absolute Gasteiger partial charge is 0.197 e. The molecule has 2 heterocycles. The van der Waals surface area contributed by atoms with Gasteiger partial charge in [0.1, 0.15) is 0 Å². The molecule has 0 amide bonds. The first-order chi connectivity index (χ1) is 6.78. The van der Waals surface area contributed by atoms with Gasteiger partial charge in [-0.15, -0.1) is 11.3 Å². The van der Waals surface area contributed by atoms with Crippen LogP contribution >= 0.6 is 22.9 Å². The second kappa shape index (κ2) is 3.95. The van der Waals surface area contributed by atoms with Crippen LogP contribution in [-0.2, 0) is 6.54 Å². The third-order valence-electron chi connectivity index (χ3n) is 1.60. The van der Waals surface area contributed by atoms with E-state index in [1.807, 2.05) is 5.38 Å². The zero-order valence-electron chi connectivity index (χ0n) is 7.14. The number of aromatic nitrogens is 3. The van der Waals surface area contributed by atoms with Crippen LogP contribution in [0.2, 0.25) is 5.02 Å². The first kappa shape index (κ1) is 9.45. The number of hydrogen-bond acceptors (Lipinski definition) is 5. The number of anilines is 1. The van der Waals surface area contributed by atoms with E-state index in [4.69, 9.17) is 17.4 Å². The van der Waals surface area contributed by atoms with Crippen LogP contribution in [0.25, 0.3) is 0 Å². The molecule has 0 radical (unpaired) electrons. The van der Waals surface area contributed by atoms with E-state index in [-0.39, 0.29) is 0 Å². The molecule has 0 spiro atoms. The monoisotopic (exact) mass is 229 g/mol. The largest absolute Gasteiger partial charge is 0.300 e. The highest BCUT2D eigenvalue weighted by molar-refractivity contribution is 7.13. The number of nitrogen functional groups attached to an aromatic ring is 1. The van der Waals surface area contributed by atoms with Crippen molar-refractivity contribution in [3.8, 4) is 0 Å². The number of nitrogens with zero attached hydrogens (tertiary/aromatic N) is 3. The van der Waals surface area contributed by atoms with Crippen molar-refractivity contribution in [1.82, 2.24) is 14.8 Å². The lowest BCUT2D eigenvalue weighted by Crippen LogP contribution is -2.06. The maximum atomic E-state index is 5.73. The van der Waals surface area contributed by atoms with Gasteiger partial charge in [0.25, 0.3) is 0 Å². The fourth-order valence-corrected chi connectivity index (χ4v) is 1.81. The number of nitrogens with one attached hydrogen (secondary N) is 1. The minimum Gasteiger partial charge on any atom is -0.300 e. The average Bonchev–Trinajstić information content (AvgIpc) is 2.76. The number of nitrogens with two attached hydrogens (primary N) is 1. The average molecular weight is 230 g/mol. The van der Waals surface area contributed by atoms with Crippen LogP contribution < -0.4 is 11.3 Å². The Hall–Kier alpha value is -1.11. The highest BCUT2D eigenvalue weighted by Crippen LogP contribution is 2.15. The van der Waals surface area contributed by atoms with E-state index in [0.717, 1.165) is 5.69 Å². The Kier molecular flexibility index (Phi) is 2.67. The summed E-state index contributed by atoms with van der Waals surface area (Å²) in [6, 6.07) is 0. The quantitative estimate of drug-likeness (QED) is 0.616. The number of rotatable bonds is 3. The van der Waals surface area contributed by atoms with Crippen molar-refractivity contribution in [1.29, 1.82) is 0 Å². The highest BCUT2D eigenvalue weighted by Gasteiger charge is 2.02. The Balaban J connectivity index is 2.10. The SMILES string of the molecule is NNc1nc(Cn2cc(Cl)cn2)cs1. The number of thiazole rings is 1. The molecule has 0 unspecified atom stereocenters. The third kappa shape index (κ3) is 2.03. The van der Waals surface area contributed by atoms with Crippen LogP contribution in [0.1, 0.15) is 5.69 Å². The molecule has 0 saturated heterocycles. The first-order valence-electron chi connectivity index (χ1n) is 3.87. The van der Waals surface area contributed by atoms with Crippen molar-refractivity contribution in [2.24, 2.45) is 5.84 Å². The van der Waals surface area contributed by atoms with Gasteiger partial charge >= 0.3 is 0 Å². The molecule has 7 heteroatoms. The van der Waals surface area contributed by atoms with Crippen molar-refractivity contribution in [2.45, 2.75) is 6.54 Å². The Labute approximate surface area is 89.5 Å². The summed E-state index contributed by atoms with van der Waals surface area (Å²) in [5.41, 5.74) is 3.40. The molecule has 2 aromatic rings. The molecule has 0 aliphatic rings. The van der Waals surface area contributed by atoms with Crippen molar-refractivity contribution in [3.63, 3.8) is 0 Å². The molecule has 2 aromatic heterocycles. The minimum absolute atomic E-state index is 0.602. The van der Waals surface area contributed by atoms with E-state index in [1.165, 1.54) is 11.3 Å². The fraction of sp³-hybridized carbons (Fsp3) is 0.143. The summed E-state index contributed by atoms with van der Waals surface area (Å²) in [6.07, 6.45) is 3.34. The normalized spacial score (nSPS) is 10.4. The summed E-state index contributed by atoms with van der Waals surface area (Å²) in [4.78, 5) is 4.21. The van der Waals surface area contributed by atoms with Gasteiger partial charge in [-0.25, -0.2) is 10.8 Å². The van der Waals surface area contributed by atoms with E-state index in [2.05, 4.69) is 15.5 Å². The Morgan fingerprint density at radius 1 is 1.64 bits per heavy atom. The summed E-state index contributed by atoms with van der Waals surface area (Å²) in [6.45, 7) is 0.602. The lowest BCUT2D eigenvalue weighted by atomic mass is 10.5. The summed E-state index contributed by atoms with van der Waals surface area (Å²) in [7, 11) is 0. The van der Waals surface area contributed by atoms with Crippen LogP contribution in [0.15, 0.2) is 17.8 Å². The number of hydrogen-bond donors (Lipinski definition) is 2. The van der Waals surface area contributed by atoms with Crippen molar-refractivity contribution in [2.75, 3.05) is 5.43 Å². The van der Waals surface area contributed by atoms with Gasteiger partial charge in [0.15, 0.2) is 5.13 Å². The van der Waals surface area contributed by atoms with E-state index in [9.17, 15) is 0 Å². The molecule has 0 fully saturated rings. The van der Waals surface area contributed by atoms with Crippen molar-refractivity contribution >= 4 is 28.1 Å². The van der Waals surface area contributed by atoms with Gasteiger partial charge in [-0.05, 0) is 0 Å². The molecule has 0 aromatic carbocycles. The molecule has 14 heavy (non-hydrogen) atoms. The maximum Gasteiger partial charge on any atom is 0.197 e. The van der Waals surface area contributed by atoms with E-state index in [0.29, 0.717) is 16.7 Å². The maximum absolute atomic E-state index is 5.73. The van der Waals surface area contributed by atoms with E-state index >= 15 is 0 Å². The Morgan fingerprint density at radius 3 is 3.07 bits per heavy atom. The molecule has 0 aliphatic heterocycles. The third-order valence-corrected chi connectivity index (χ3v) is 2.62. The summed E-state index contributed by atoms with van der Waals surface area (Å²) in [5.74, 6) is 5.22. The minimum atomic E-state index is 0.602. The van der Waals surface area contributed by atoms with Gasteiger partial charge in [0, 0.05) is 11.6 Å². The molecule has 5 nitrogen and oxygen atoms in total. The van der Waals surface area contributed by atoms with Gasteiger partial charge in [-0.3, -0.25) is 10.1 Å². The lowest BCUT2D eigenvalue weighted by molar-refractivity contribution is 0.676. The standard InChI is InChI=1S/C7H8ClN5S/c8-5-1-10-13(2-5)3-6-4-14-7(11-6)12-9/h1-2,4H,3,9H2,(H,11,12). The van der Waals surface area contributed by atoms with Crippen molar-refractivity contribution in [3.05, 3.63) is 28.5 Å². The Bertz CT molecular complexity index is 423. The first-order valence-corrected chi connectivity index (χ1v) is 5.12. The molecule has 0 bridgehead atoms. The van der Waals surface area contributed by atoms with Crippen LogP contribution in [-0.4, -0.2) is 14.8 Å². The molecule has 0 saturated carbocycles. The summed E-state index contributed by atoms with van der Waals surface area (Å²) < 4.78 is 1.72. The molecule has 0 atom stereocenters. The van der Waals surface area contributed by atoms with Gasteiger partial charge in [-0.2, -0.15) is 5.10 Å². The van der Waals surface area contributed by atoms with Gasteiger partial charge in [0.2, 0.25) is 0 Å². The predicted octanol–water partition coefficient (Wildman–Crippen LogP) is 1.33. The number of halogens is 1. The molecule has 2 rings (SSSR count). The van der Waals surface area contributed by atoms with Crippen molar-refractivity contribution < 1.29 is 0 Å². The van der Waals surface area contributed by atoms with E-state index < -0.39 is 0 Å².